The van der Waals surface area contributed by atoms with Crippen molar-refractivity contribution < 1.29 is 38.1 Å². The summed E-state index contributed by atoms with van der Waals surface area (Å²) in [7, 11) is -4.32. The number of para-hydroxylation sites is 1. The molecule has 0 bridgehead atoms. The summed E-state index contributed by atoms with van der Waals surface area (Å²) < 4.78 is 39.7. The largest absolute Gasteiger partial charge is 0.461 e. The van der Waals surface area contributed by atoms with E-state index in [4.69, 9.17) is 24.3 Å². The Kier molecular flexibility index (Phi) is 10.2. The van der Waals surface area contributed by atoms with E-state index in [1.54, 1.807) is 30.3 Å². The average molecular weight is 633 g/mol. The maximum atomic E-state index is 14.4. The lowest BCUT2D eigenvalue weighted by Crippen LogP contribution is -2.43. The fourth-order valence-electron chi connectivity index (χ4n) is 5.63. The summed E-state index contributed by atoms with van der Waals surface area (Å²) in [6, 6.07) is 7.43. The number of nitrogens with one attached hydrogen (secondary N) is 1. The lowest BCUT2D eigenvalue weighted by molar-refractivity contribution is -0.153. The second kappa shape index (κ2) is 13.9. The van der Waals surface area contributed by atoms with Crippen LogP contribution < -0.4 is 15.3 Å². The van der Waals surface area contributed by atoms with Crippen LogP contribution in [-0.2, 0) is 23.4 Å². The first-order chi connectivity index (χ1) is 21.0. The molecule has 15 heteroatoms. The van der Waals surface area contributed by atoms with Gasteiger partial charge in [0.25, 0.3) is 0 Å². The highest BCUT2D eigenvalue weighted by molar-refractivity contribution is 7.52. The number of fused-ring (bicyclic) bond motifs is 1. The fourth-order valence-corrected chi connectivity index (χ4v) is 7.34. The number of nitrogen functional groups attached to an aromatic ring is 1. The standard InChI is InChI=1S/C29H41N6O8P/c1-17(2)14-21(29(38)40-19-10-6-4-7-11-19)34-44(39,43-20-12-8-5-9-13-20)42-18(3)25-23(36)24(37)28(41-25)35-16-33-22-26(30)31-15-32-27(22)35/h5,8-9,12-13,15-19,21,23-25,28,36-37H,4,6-7,10-11,14H2,1-3H3,(H,34,39)(H2,30,31,32)/t18-,21-,23-,24+,25+,28+,44?/m0/s1. The Labute approximate surface area is 255 Å². The molecule has 7 atom stereocenters. The molecule has 1 unspecified atom stereocenters. The summed E-state index contributed by atoms with van der Waals surface area (Å²) in [5, 5.41) is 24.8. The van der Waals surface area contributed by atoms with Gasteiger partial charge in [-0.15, -0.1) is 0 Å². The summed E-state index contributed by atoms with van der Waals surface area (Å²) in [5.41, 5.74) is 6.51. The maximum absolute atomic E-state index is 14.4. The van der Waals surface area contributed by atoms with Crippen LogP contribution in [0.5, 0.6) is 5.75 Å². The quantitative estimate of drug-likeness (QED) is 0.168. The summed E-state index contributed by atoms with van der Waals surface area (Å²) in [5.74, 6) is -0.0853. The summed E-state index contributed by atoms with van der Waals surface area (Å²) in [4.78, 5) is 25.7. The summed E-state index contributed by atoms with van der Waals surface area (Å²) in [6.07, 6.45) is 1.21. The first kappa shape index (κ1) is 32.3. The number of carbonyl (C=O) groups is 1. The summed E-state index contributed by atoms with van der Waals surface area (Å²) >= 11 is 0. The Bertz CT molecular complexity index is 1450. The zero-order chi connectivity index (χ0) is 31.4. The van der Waals surface area contributed by atoms with Crippen LogP contribution in [0.15, 0.2) is 43.0 Å². The zero-order valence-electron chi connectivity index (χ0n) is 25.1. The molecule has 1 aliphatic carbocycles. The lowest BCUT2D eigenvalue weighted by Gasteiger charge is -2.31. The number of carbonyl (C=O) groups excluding carboxylic acids is 1. The minimum atomic E-state index is -4.32. The van der Waals surface area contributed by atoms with Crippen LogP contribution in [-0.4, -0.2) is 72.3 Å². The van der Waals surface area contributed by atoms with Gasteiger partial charge in [0.15, 0.2) is 17.7 Å². The zero-order valence-corrected chi connectivity index (χ0v) is 26.0. The van der Waals surface area contributed by atoms with E-state index >= 15 is 0 Å². The highest BCUT2D eigenvalue weighted by atomic mass is 31.2. The van der Waals surface area contributed by atoms with Crippen molar-refractivity contribution in [2.45, 2.75) is 102 Å². The Morgan fingerprint density at radius 2 is 1.84 bits per heavy atom. The number of rotatable bonds is 12. The van der Waals surface area contributed by atoms with E-state index in [-0.39, 0.29) is 23.6 Å². The van der Waals surface area contributed by atoms with Crippen molar-refractivity contribution in [3.63, 3.8) is 0 Å². The second-order valence-electron chi connectivity index (χ2n) is 11.8. The molecule has 44 heavy (non-hydrogen) atoms. The predicted octanol–water partition coefficient (Wildman–Crippen LogP) is 3.50. The fraction of sp³-hybridized carbons (Fsp3) is 0.586. The number of hydrogen-bond donors (Lipinski definition) is 4. The van der Waals surface area contributed by atoms with E-state index in [0.717, 1.165) is 32.1 Å². The third-order valence-corrected chi connectivity index (χ3v) is 9.50. The maximum Gasteiger partial charge on any atom is 0.459 e. The minimum absolute atomic E-state index is 0.0488. The molecular weight excluding hydrogens is 591 g/mol. The van der Waals surface area contributed by atoms with Gasteiger partial charge in [-0.25, -0.2) is 19.5 Å². The van der Waals surface area contributed by atoms with Crippen molar-refractivity contribution in [3.05, 3.63) is 43.0 Å². The molecule has 240 valence electrons. The highest BCUT2D eigenvalue weighted by Crippen LogP contribution is 2.48. The number of benzene rings is 1. The number of ether oxygens (including phenoxy) is 2. The molecule has 1 saturated carbocycles. The molecule has 5 rings (SSSR count). The van der Waals surface area contributed by atoms with E-state index in [2.05, 4.69) is 20.0 Å². The molecule has 14 nitrogen and oxygen atoms in total. The number of nitrogens with two attached hydrogens (primary N) is 1. The van der Waals surface area contributed by atoms with Crippen LogP contribution in [0.25, 0.3) is 11.2 Å². The van der Waals surface area contributed by atoms with E-state index in [1.165, 1.54) is 24.1 Å². The van der Waals surface area contributed by atoms with Crippen LogP contribution >= 0.6 is 7.75 Å². The van der Waals surface area contributed by atoms with Crippen LogP contribution in [0.3, 0.4) is 0 Å². The van der Waals surface area contributed by atoms with Crippen molar-refractivity contribution in [1.29, 1.82) is 0 Å². The van der Waals surface area contributed by atoms with Crippen LogP contribution in [0.2, 0.25) is 0 Å². The van der Waals surface area contributed by atoms with Gasteiger partial charge in [0.05, 0.1) is 12.4 Å². The topological polar surface area (TPSA) is 193 Å². The van der Waals surface area contributed by atoms with Gasteiger partial charge in [0.2, 0.25) is 0 Å². The molecule has 2 aliphatic rings. The normalized spacial score (nSPS) is 25.5. The molecule has 0 amide bonds. The molecule has 2 fully saturated rings. The third kappa shape index (κ3) is 7.39. The Hall–Kier alpha value is -3.13. The first-order valence-corrected chi connectivity index (χ1v) is 16.5. The number of aliphatic hydroxyl groups is 2. The van der Waals surface area contributed by atoms with E-state index in [0.29, 0.717) is 17.6 Å². The van der Waals surface area contributed by atoms with Crippen molar-refractivity contribution in [1.82, 2.24) is 24.6 Å². The molecule has 1 aromatic carbocycles. The molecule has 3 heterocycles. The lowest BCUT2D eigenvalue weighted by atomic mass is 9.97. The predicted molar refractivity (Wildman–Crippen MR) is 160 cm³/mol. The van der Waals surface area contributed by atoms with Crippen LogP contribution in [0, 0.1) is 5.92 Å². The number of nitrogens with zero attached hydrogens (tertiary/aromatic N) is 4. The number of hydrogen-bond acceptors (Lipinski definition) is 12. The highest BCUT2D eigenvalue weighted by Gasteiger charge is 2.49. The molecule has 1 aliphatic heterocycles. The smallest absolute Gasteiger partial charge is 0.459 e. The van der Waals surface area contributed by atoms with Gasteiger partial charge in [-0.3, -0.25) is 13.9 Å². The average Bonchev–Trinajstić information content (AvgIpc) is 3.54. The Morgan fingerprint density at radius 1 is 1.11 bits per heavy atom. The number of imidazole rings is 1. The van der Waals surface area contributed by atoms with Gasteiger partial charge >= 0.3 is 13.7 Å². The number of esters is 1. The Morgan fingerprint density at radius 3 is 2.55 bits per heavy atom. The van der Waals surface area contributed by atoms with Crippen LogP contribution in [0.1, 0.15) is 65.5 Å². The van der Waals surface area contributed by atoms with Gasteiger partial charge in [0.1, 0.15) is 48.1 Å². The van der Waals surface area contributed by atoms with E-state index in [9.17, 15) is 19.6 Å². The van der Waals surface area contributed by atoms with Crippen molar-refractivity contribution in [3.8, 4) is 5.75 Å². The molecule has 1 saturated heterocycles. The molecular formula is C29H41N6O8P. The van der Waals surface area contributed by atoms with E-state index < -0.39 is 50.4 Å². The van der Waals surface area contributed by atoms with Gasteiger partial charge < -0.3 is 29.9 Å². The molecule has 0 spiro atoms. The van der Waals surface area contributed by atoms with Crippen LogP contribution in [0.4, 0.5) is 5.82 Å². The molecule has 3 aromatic rings. The number of aromatic nitrogens is 4. The van der Waals surface area contributed by atoms with E-state index in [1.807, 2.05) is 13.8 Å². The second-order valence-corrected chi connectivity index (χ2v) is 13.4. The first-order valence-electron chi connectivity index (χ1n) is 15.0. The minimum Gasteiger partial charge on any atom is -0.461 e. The molecule has 2 aromatic heterocycles. The van der Waals surface area contributed by atoms with Crippen molar-refractivity contribution in [2.24, 2.45) is 5.92 Å². The van der Waals surface area contributed by atoms with Gasteiger partial charge in [0, 0.05) is 0 Å². The van der Waals surface area contributed by atoms with Gasteiger partial charge in [-0.2, -0.15) is 5.09 Å². The monoisotopic (exact) mass is 632 g/mol. The van der Waals surface area contributed by atoms with Crippen molar-refractivity contribution in [2.75, 3.05) is 5.73 Å². The number of aliphatic hydroxyl groups excluding tert-OH is 2. The van der Waals surface area contributed by atoms with Gasteiger partial charge in [-0.05, 0) is 57.1 Å². The Balaban J connectivity index is 1.37. The molecule has 5 N–H and O–H groups in total. The SMILES string of the molecule is CC(C)C[C@H](NP(=O)(Oc1ccccc1)O[C@@H](C)[C@H]1O[C@@H](n2cnc3c(N)ncnc32)[C@H](O)[C@@H]1O)C(=O)OC1CCCCC1. The number of anilines is 1. The molecule has 0 radical (unpaired) electrons. The van der Waals surface area contributed by atoms with Gasteiger partial charge in [-0.1, -0.05) is 38.5 Å². The third-order valence-electron chi connectivity index (χ3n) is 7.81. The van der Waals surface area contributed by atoms with Crippen molar-refractivity contribution >= 4 is 30.7 Å². The summed E-state index contributed by atoms with van der Waals surface area (Å²) in [6.45, 7) is 5.42.